The summed E-state index contributed by atoms with van der Waals surface area (Å²) < 4.78 is 6.36. The highest BCUT2D eigenvalue weighted by atomic mass is 32.1. The van der Waals surface area contributed by atoms with E-state index >= 15 is 0 Å². The number of thiophene rings is 1. The fraction of sp³-hybridized carbons (Fsp3) is 0.273. The lowest BCUT2D eigenvalue weighted by molar-refractivity contribution is 0.419. The Hall–Kier alpha value is -1.22. The maximum absolute atomic E-state index is 9.72. The third-order valence-corrected chi connectivity index (χ3v) is 3.33. The van der Waals surface area contributed by atoms with Crippen LogP contribution in [0.2, 0.25) is 0 Å². The van der Waals surface area contributed by atoms with Crippen molar-refractivity contribution in [1.29, 1.82) is 0 Å². The van der Waals surface area contributed by atoms with Crippen LogP contribution in [0.3, 0.4) is 0 Å². The maximum Gasteiger partial charge on any atom is 0.175 e. The van der Waals surface area contributed by atoms with Gasteiger partial charge in [0.2, 0.25) is 0 Å². The summed E-state index contributed by atoms with van der Waals surface area (Å²) in [4.78, 5) is 0. The van der Waals surface area contributed by atoms with Crippen molar-refractivity contribution in [2.75, 3.05) is 7.11 Å². The Morgan fingerprint density at radius 3 is 2.86 bits per heavy atom. The topological polar surface area (TPSA) is 29.5 Å². The number of fused-ring (bicyclic) bond motifs is 1. The van der Waals surface area contributed by atoms with Gasteiger partial charge in [-0.2, -0.15) is 0 Å². The lowest BCUT2D eigenvalue weighted by Crippen LogP contribution is -1.85. The van der Waals surface area contributed by atoms with Crippen LogP contribution in [0.4, 0.5) is 0 Å². The molecule has 0 saturated carbocycles. The first-order valence-electron chi connectivity index (χ1n) is 4.55. The van der Waals surface area contributed by atoms with E-state index in [1.54, 1.807) is 7.11 Å². The monoisotopic (exact) mass is 208 g/mol. The van der Waals surface area contributed by atoms with Crippen molar-refractivity contribution in [2.45, 2.75) is 13.3 Å². The molecule has 2 nitrogen and oxygen atoms in total. The van der Waals surface area contributed by atoms with Gasteiger partial charge in [0.05, 0.1) is 7.11 Å². The number of rotatable bonds is 2. The van der Waals surface area contributed by atoms with Crippen molar-refractivity contribution in [2.24, 2.45) is 0 Å². The number of aryl methyl sites for hydroxylation is 1. The Bertz CT molecular complexity index is 460. The predicted molar refractivity (Wildman–Crippen MR) is 59.4 cm³/mol. The Labute approximate surface area is 86.8 Å². The molecule has 3 heteroatoms. The van der Waals surface area contributed by atoms with Crippen LogP contribution >= 0.6 is 11.3 Å². The van der Waals surface area contributed by atoms with E-state index in [1.807, 2.05) is 25.1 Å². The lowest BCUT2D eigenvalue weighted by atomic mass is 10.1. The molecule has 1 N–H and O–H groups in total. The Morgan fingerprint density at radius 1 is 1.43 bits per heavy atom. The molecular formula is C11H12O2S. The molecule has 2 aromatic rings. The van der Waals surface area contributed by atoms with E-state index in [0.717, 1.165) is 27.8 Å². The van der Waals surface area contributed by atoms with Crippen LogP contribution in [0.5, 0.6) is 10.8 Å². The summed E-state index contributed by atoms with van der Waals surface area (Å²) in [5, 5.41) is 11.2. The Morgan fingerprint density at radius 2 is 2.21 bits per heavy atom. The highest BCUT2D eigenvalue weighted by Gasteiger charge is 2.13. The molecule has 0 radical (unpaired) electrons. The Balaban J connectivity index is 2.82. The van der Waals surface area contributed by atoms with Gasteiger partial charge in [0, 0.05) is 15.6 Å². The van der Waals surface area contributed by atoms with Crippen LogP contribution in [0.15, 0.2) is 18.2 Å². The molecule has 14 heavy (non-hydrogen) atoms. The zero-order valence-corrected chi connectivity index (χ0v) is 9.02. The predicted octanol–water partition coefficient (Wildman–Crippen LogP) is 3.18. The van der Waals surface area contributed by atoms with Crippen molar-refractivity contribution in [3.63, 3.8) is 0 Å². The fourth-order valence-corrected chi connectivity index (χ4v) is 2.71. The molecule has 1 heterocycles. The van der Waals surface area contributed by atoms with Gasteiger partial charge in [-0.3, -0.25) is 0 Å². The van der Waals surface area contributed by atoms with Gasteiger partial charge in [0.1, 0.15) is 5.75 Å². The summed E-state index contributed by atoms with van der Waals surface area (Å²) in [6.07, 6.45) is 0.826. The molecule has 0 fully saturated rings. The van der Waals surface area contributed by atoms with Gasteiger partial charge in [-0.25, -0.2) is 0 Å². The van der Waals surface area contributed by atoms with Crippen molar-refractivity contribution in [3.05, 3.63) is 23.8 Å². The lowest BCUT2D eigenvalue weighted by Gasteiger charge is -2.02. The summed E-state index contributed by atoms with van der Waals surface area (Å²) >= 11 is 1.41. The van der Waals surface area contributed by atoms with Crippen LogP contribution in [-0.4, -0.2) is 12.2 Å². The molecule has 1 aromatic heterocycles. The molecule has 0 amide bonds. The van der Waals surface area contributed by atoms with Crippen molar-refractivity contribution >= 4 is 21.4 Å². The number of aromatic hydroxyl groups is 1. The summed E-state index contributed by atoms with van der Waals surface area (Å²) in [7, 11) is 1.66. The average molecular weight is 208 g/mol. The normalized spacial score (nSPS) is 10.7. The van der Waals surface area contributed by atoms with Crippen LogP contribution in [0, 0.1) is 0 Å². The minimum atomic E-state index is 0.409. The Kier molecular flexibility index (Phi) is 2.33. The first kappa shape index (κ1) is 9.34. The number of hydrogen-bond donors (Lipinski definition) is 1. The highest BCUT2D eigenvalue weighted by Crippen LogP contribution is 2.41. The van der Waals surface area contributed by atoms with Crippen LogP contribution in [-0.2, 0) is 6.42 Å². The van der Waals surface area contributed by atoms with Gasteiger partial charge < -0.3 is 9.84 Å². The number of hydrogen-bond acceptors (Lipinski definition) is 3. The first-order valence-corrected chi connectivity index (χ1v) is 5.37. The van der Waals surface area contributed by atoms with Crippen LogP contribution in [0.25, 0.3) is 10.1 Å². The van der Waals surface area contributed by atoms with Crippen LogP contribution < -0.4 is 4.74 Å². The molecule has 0 atom stereocenters. The quantitative estimate of drug-likeness (QED) is 0.821. The minimum Gasteiger partial charge on any atom is -0.499 e. The molecule has 0 bridgehead atoms. The molecule has 0 aliphatic carbocycles. The zero-order chi connectivity index (χ0) is 10.1. The van der Waals surface area contributed by atoms with Crippen molar-refractivity contribution in [3.8, 4) is 10.8 Å². The van der Waals surface area contributed by atoms with Gasteiger partial charge in [-0.15, -0.1) is 0 Å². The molecule has 0 unspecified atom stereocenters. The summed E-state index contributed by atoms with van der Waals surface area (Å²) in [5.74, 6) is 0.843. The minimum absolute atomic E-state index is 0.409. The van der Waals surface area contributed by atoms with E-state index in [0.29, 0.717) is 5.06 Å². The fourth-order valence-electron chi connectivity index (χ4n) is 1.66. The molecule has 1 aromatic carbocycles. The second kappa shape index (κ2) is 3.50. The smallest absolute Gasteiger partial charge is 0.175 e. The van der Waals surface area contributed by atoms with Crippen molar-refractivity contribution < 1.29 is 9.84 Å². The molecule has 0 spiro atoms. The molecule has 0 aliphatic rings. The summed E-state index contributed by atoms with van der Waals surface area (Å²) in [6, 6.07) is 5.87. The average Bonchev–Trinajstić information content (AvgIpc) is 2.52. The van der Waals surface area contributed by atoms with E-state index in [-0.39, 0.29) is 0 Å². The van der Waals surface area contributed by atoms with Gasteiger partial charge in [-0.05, 0) is 18.6 Å². The third-order valence-electron chi connectivity index (χ3n) is 2.33. The molecule has 0 aliphatic heterocycles. The van der Waals surface area contributed by atoms with Gasteiger partial charge in [0.25, 0.3) is 0 Å². The zero-order valence-electron chi connectivity index (χ0n) is 8.20. The van der Waals surface area contributed by atoms with Gasteiger partial charge in [0.15, 0.2) is 5.06 Å². The van der Waals surface area contributed by atoms with Crippen LogP contribution in [0.1, 0.15) is 12.5 Å². The van der Waals surface area contributed by atoms with E-state index < -0.39 is 0 Å². The third kappa shape index (κ3) is 1.24. The molecule has 0 saturated heterocycles. The number of benzene rings is 1. The van der Waals surface area contributed by atoms with E-state index in [9.17, 15) is 5.11 Å². The van der Waals surface area contributed by atoms with E-state index in [1.165, 1.54) is 11.3 Å². The van der Waals surface area contributed by atoms with Gasteiger partial charge in [-0.1, -0.05) is 24.3 Å². The molecular weight excluding hydrogens is 196 g/mol. The largest absolute Gasteiger partial charge is 0.499 e. The number of ether oxygens (including phenoxy) is 1. The number of methoxy groups -OCH3 is 1. The van der Waals surface area contributed by atoms with E-state index in [4.69, 9.17) is 4.74 Å². The summed E-state index contributed by atoms with van der Waals surface area (Å²) in [6.45, 7) is 2.04. The first-order chi connectivity index (χ1) is 6.77. The maximum atomic E-state index is 9.72. The van der Waals surface area contributed by atoms with E-state index in [2.05, 4.69) is 0 Å². The second-order valence-corrected chi connectivity index (χ2v) is 4.10. The van der Waals surface area contributed by atoms with Crippen molar-refractivity contribution in [1.82, 2.24) is 0 Å². The summed E-state index contributed by atoms with van der Waals surface area (Å²) in [5.41, 5.74) is 0.988. The highest BCUT2D eigenvalue weighted by molar-refractivity contribution is 7.21. The standard InChI is InChI=1S/C11H12O2S/c1-3-7-10-8(13-2)5-4-6-9(10)14-11(7)12/h4-6,12H,3H2,1-2H3. The SMILES string of the molecule is CCc1c(O)sc2cccc(OC)c12. The molecule has 74 valence electrons. The second-order valence-electron chi connectivity index (χ2n) is 3.07. The van der Waals surface area contributed by atoms with Gasteiger partial charge >= 0.3 is 0 Å². The molecule has 2 rings (SSSR count).